The molecule has 0 aromatic carbocycles. The van der Waals surface area contributed by atoms with E-state index >= 15 is 0 Å². The fourth-order valence-electron chi connectivity index (χ4n) is 1.07. The molecule has 14 heavy (non-hydrogen) atoms. The Morgan fingerprint density at radius 3 is 2.86 bits per heavy atom. The lowest BCUT2D eigenvalue weighted by molar-refractivity contribution is 0.0531. The van der Waals surface area contributed by atoms with Gasteiger partial charge in [-0.05, 0) is 31.2 Å². The molecule has 0 aliphatic carbocycles. The maximum Gasteiger partial charge on any atom is 0.348 e. The summed E-state index contributed by atoms with van der Waals surface area (Å²) in [6.07, 6.45) is 0. The summed E-state index contributed by atoms with van der Waals surface area (Å²) in [4.78, 5) is 12.2. The summed E-state index contributed by atoms with van der Waals surface area (Å²) in [7, 11) is 0. The first kappa shape index (κ1) is 11.6. The first-order valence-electron chi connectivity index (χ1n) is 4.59. The first-order chi connectivity index (χ1) is 6.69. The Morgan fingerprint density at radius 2 is 2.29 bits per heavy atom. The van der Waals surface area contributed by atoms with E-state index in [4.69, 9.17) is 4.74 Å². The van der Waals surface area contributed by atoms with E-state index < -0.39 is 0 Å². The van der Waals surface area contributed by atoms with Crippen molar-refractivity contribution in [3.8, 4) is 0 Å². The number of carbonyl (C=O) groups excluding carboxylic acids is 1. The van der Waals surface area contributed by atoms with Crippen LogP contribution in [-0.2, 0) is 4.74 Å². The van der Waals surface area contributed by atoms with Crippen LogP contribution in [0.3, 0.4) is 0 Å². The largest absolute Gasteiger partial charge is 0.462 e. The fourth-order valence-corrected chi connectivity index (χ4v) is 3.25. The molecule has 1 aromatic rings. The molecule has 0 saturated heterocycles. The summed E-state index contributed by atoms with van der Waals surface area (Å²) >= 11 is 3.28. The number of carbonyl (C=O) groups is 1. The molecule has 1 aromatic heterocycles. The van der Waals surface area contributed by atoms with Crippen LogP contribution >= 0.6 is 23.1 Å². The highest BCUT2D eigenvalue weighted by molar-refractivity contribution is 8.01. The van der Waals surface area contributed by atoms with E-state index in [1.165, 1.54) is 15.5 Å². The molecular weight excluding hydrogens is 216 g/mol. The molecule has 0 aliphatic rings. The summed E-state index contributed by atoms with van der Waals surface area (Å²) < 4.78 is 6.15. The smallest absolute Gasteiger partial charge is 0.348 e. The van der Waals surface area contributed by atoms with Gasteiger partial charge in [-0.1, -0.05) is 6.92 Å². The lowest BCUT2D eigenvalue weighted by atomic mass is 10.3. The average Bonchev–Trinajstić information content (AvgIpc) is 2.48. The minimum absolute atomic E-state index is 0.196. The molecule has 0 N–H and O–H groups in total. The molecule has 0 spiro atoms. The van der Waals surface area contributed by atoms with Gasteiger partial charge in [-0.15, -0.1) is 23.1 Å². The molecule has 0 amide bonds. The summed E-state index contributed by atoms with van der Waals surface area (Å²) in [6.45, 7) is 6.31. The van der Waals surface area contributed by atoms with Crippen LogP contribution in [0.15, 0.2) is 10.3 Å². The average molecular weight is 230 g/mol. The van der Waals surface area contributed by atoms with Crippen molar-refractivity contribution in [2.24, 2.45) is 0 Å². The van der Waals surface area contributed by atoms with Crippen molar-refractivity contribution in [1.82, 2.24) is 0 Å². The van der Waals surface area contributed by atoms with Crippen LogP contribution in [0.25, 0.3) is 0 Å². The number of thioether (sulfide) groups is 1. The quantitative estimate of drug-likeness (QED) is 0.586. The normalized spacial score (nSPS) is 10.2. The summed E-state index contributed by atoms with van der Waals surface area (Å²) in [5.74, 6) is 0.834. The zero-order chi connectivity index (χ0) is 10.6. The zero-order valence-electron chi connectivity index (χ0n) is 8.62. The van der Waals surface area contributed by atoms with Crippen LogP contribution < -0.4 is 0 Å². The molecule has 4 heteroatoms. The Bertz CT molecular complexity index is 318. The van der Waals surface area contributed by atoms with Crippen molar-refractivity contribution in [2.75, 3.05) is 12.4 Å². The van der Waals surface area contributed by atoms with Gasteiger partial charge in [-0.3, -0.25) is 0 Å². The van der Waals surface area contributed by atoms with Crippen molar-refractivity contribution in [3.05, 3.63) is 16.5 Å². The molecule has 0 aliphatic heterocycles. The highest BCUT2D eigenvalue weighted by atomic mass is 32.2. The zero-order valence-corrected chi connectivity index (χ0v) is 10.3. The second-order valence-corrected chi connectivity index (χ2v) is 5.35. The van der Waals surface area contributed by atoms with Gasteiger partial charge in [0.2, 0.25) is 0 Å². The predicted molar refractivity (Wildman–Crippen MR) is 61.4 cm³/mol. The standard InChI is InChI=1S/C10H14O2S2/c1-4-12-10(11)9-7(3)6-8(14-9)13-5-2/h6H,4-5H2,1-3H3. The van der Waals surface area contributed by atoms with Gasteiger partial charge in [-0.2, -0.15) is 0 Å². The van der Waals surface area contributed by atoms with Crippen LogP contribution in [-0.4, -0.2) is 18.3 Å². The molecule has 0 fully saturated rings. The SMILES string of the molecule is CCOC(=O)c1sc(SCC)cc1C. The number of hydrogen-bond acceptors (Lipinski definition) is 4. The van der Waals surface area contributed by atoms with E-state index in [0.717, 1.165) is 16.2 Å². The lowest BCUT2D eigenvalue weighted by Crippen LogP contribution is -2.03. The number of rotatable bonds is 4. The number of hydrogen-bond donors (Lipinski definition) is 0. The van der Waals surface area contributed by atoms with Gasteiger partial charge in [0.05, 0.1) is 10.8 Å². The summed E-state index contributed by atoms with van der Waals surface area (Å²) in [5.41, 5.74) is 1.02. The molecule has 0 unspecified atom stereocenters. The second kappa shape index (κ2) is 5.41. The Morgan fingerprint density at radius 1 is 1.57 bits per heavy atom. The maximum atomic E-state index is 11.5. The monoisotopic (exact) mass is 230 g/mol. The number of thiophene rings is 1. The molecule has 0 saturated carbocycles. The number of ether oxygens (including phenoxy) is 1. The van der Waals surface area contributed by atoms with E-state index in [1.807, 2.05) is 19.9 Å². The van der Waals surface area contributed by atoms with E-state index in [-0.39, 0.29) is 5.97 Å². The fraction of sp³-hybridized carbons (Fsp3) is 0.500. The highest BCUT2D eigenvalue weighted by Crippen LogP contribution is 2.30. The van der Waals surface area contributed by atoms with Gasteiger partial charge in [0.1, 0.15) is 4.88 Å². The molecule has 0 atom stereocenters. The van der Waals surface area contributed by atoms with Crippen LogP contribution in [0.2, 0.25) is 0 Å². The van der Waals surface area contributed by atoms with E-state index in [9.17, 15) is 4.79 Å². The third kappa shape index (κ3) is 2.75. The van der Waals surface area contributed by atoms with E-state index in [0.29, 0.717) is 6.61 Å². The Kier molecular flexibility index (Phi) is 4.48. The highest BCUT2D eigenvalue weighted by Gasteiger charge is 2.14. The predicted octanol–water partition coefficient (Wildman–Crippen LogP) is 3.35. The number of esters is 1. The summed E-state index contributed by atoms with van der Waals surface area (Å²) in [5, 5.41) is 0. The lowest BCUT2D eigenvalue weighted by Gasteiger charge is -1.98. The van der Waals surface area contributed by atoms with Gasteiger partial charge >= 0.3 is 5.97 Å². The van der Waals surface area contributed by atoms with Gasteiger partial charge in [0, 0.05) is 0 Å². The molecule has 0 bridgehead atoms. The van der Waals surface area contributed by atoms with Gasteiger partial charge < -0.3 is 4.74 Å². The molecule has 1 rings (SSSR count). The van der Waals surface area contributed by atoms with E-state index in [2.05, 4.69) is 6.92 Å². The third-order valence-corrected chi connectivity index (χ3v) is 3.95. The van der Waals surface area contributed by atoms with Crippen molar-refractivity contribution < 1.29 is 9.53 Å². The Hall–Kier alpha value is -0.480. The topological polar surface area (TPSA) is 26.3 Å². The first-order valence-corrected chi connectivity index (χ1v) is 6.39. The second-order valence-electron chi connectivity index (χ2n) is 2.73. The van der Waals surface area contributed by atoms with Crippen molar-refractivity contribution in [3.63, 3.8) is 0 Å². The summed E-state index contributed by atoms with van der Waals surface area (Å²) in [6, 6.07) is 2.05. The van der Waals surface area contributed by atoms with Crippen LogP contribution in [0.4, 0.5) is 0 Å². The van der Waals surface area contributed by atoms with Gasteiger partial charge in [0.15, 0.2) is 0 Å². The molecular formula is C10H14O2S2. The van der Waals surface area contributed by atoms with Gasteiger partial charge in [0.25, 0.3) is 0 Å². The van der Waals surface area contributed by atoms with Crippen molar-refractivity contribution in [1.29, 1.82) is 0 Å². The van der Waals surface area contributed by atoms with Crippen LogP contribution in [0.1, 0.15) is 29.1 Å². The van der Waals surface area contributed by atoms with Gasteiger partial charge in [-0.25, -0.2) is 4.79 Å². The molecule has 2 nitrogen and oxygen atoms in total. The van der Waals surface area contributed by atoms with Crippen molar-refractivity contribution >= 4 is 29.1 Å². The minimum Gasteiger partial charge on any atom is -0.462 e. The van der Waals surface area contributed by atoms with Crippen molar-refractivity contribution in [2.45, 2.75) is 25.0 Å². The Balaban J connectivity index is 2.81. The Labute approximate surface area is 92.7 Å². The number of aryl methyl sites for hydroxylation is 1. The van der Waals surface area contributed by atoms with Crippen LogP contribution in [0, 0.1) is 6.92 Å². The molecule has 1 heterocycles. The third-order valence-electron chi connectivity index (χ3n) is 1.64. The van der Waals surface area contributed by atoms with E-state index in [1.54, 1.807) is 11.8 Å². The minimum atomic E-state index is -0.196. The molecule has 78 valence electrons. The molecule has 0 radical (unpaired) electrons. The maximum absolute atomic E-state index is 11.5. The van der Waals surface area contributed by atoms with Crippen LogP contribution in [0.5, 0.6) is 0 Å².